The number of aldehydes is 1. The van der Waals surface area contributed by atoms with Gasteiger partial charge in [-0.05, 0) is 13.8 Å². The van der Waals surface area contributed by atoms with Crippen molar-refractivity contribution in [2.45, 2.75) is 19.9 Å². The maximum absolute atomic E-state index is 11.1. The predicted octanol–water partition coefficient (Wildman–Crippen LogP) is 3.60. The van der Waals surface area contributed by atoms with Crippen LogP contribution in [0.25, 0.3) is 11.3 Å². The highest BCUT2D eigenvalue weighted by molar-refractivity contribution is 6.32. The largest absolute Gasteiger partial charge is 0.298 e. The molecule has 88 valence electrons. The zero-order valence-corrected chi connectivity index (χ0v) is 10.5. The first-order valence-corrected chi connectivity index (χ1v) is 5.81. The SMILES string of the molecule is CC(C)n1nc(-c2ccccc2)c(C=O)c1Cl. The molecule has 0 aliphatic carbocycles. The quantitative estimate of drug-likeness (QED) is 0.778. The molecule has 0 aliphatic heterocycles. The van der Waals surface area contributed by atoms with Gasteiger partial charge in [0.15, 0.2) is 6.29 Å². The third-order valence-electron chi connectivity index (χ3n) is 2.54. The predicted molar refractivity (Wildman–Crippen MR) is 68.4 cm³/mol. The summed E-state index contributed by atoms with van der Waals surface area (Å²) >= 11 is 6.14. The van der Waals surface area contributed by atoms with Gasteiger partial charge in [-0.1, -0.05) is 41.9 Å². The second kappa shape index (κ2) is 4.72. The normalized spacial score (nSPS) is 10.8. The van der Waals surface area contributed by atoms with Gasteiger partial charge in [-0.15, -0.1) is 0 Å². The van der Waals surface area contributed by atoms with Gasteiger partial charge >= 0.3 is 0 Å². The molecule has 2 rings (SSSR count). The Morgan fingerprint density at radius 1 is 1.29 bits per heavy atom. The second-order valence-corrected chi connectivity index (χ2v) is 4.43. The van der Waals surface area contributed by atoms with Gasteiger partial charge < -0.3 is 0 Å². The average molecular weight is 249 g/mol. The number of rotatable bonds is 3. The van der Waals surface area contributed by atoms with Crippen molar-refractivity contribution in [2.24, 2.45) is 0 Å². The lowest BCUT2D eigenvalue weighted by atomic mass is 10.1. The van der Waals surface area contributed by atoms with E-state index in [0.29, 0.717) is 16.4 Å². The summed E-state index contributed by atoms with van der Waals surface area (Å²) in [7, 11) is 0. The molecule has 0 aliphatic rings. The van der Waals surface area contributed by atoms with Gasteiger partial charge in [0.25, 0.3) is 0 Å². The molecule has 0 radical (unpaired) electrons. The van der Waals surface area contributed by atoms with Crippen molar-refractivity contribution in [2.75, 3.05) is 0 Å². The lowest BCUT2D eigenvalue weighted by Crippen LogP contribution is -2.02. The van der Waals surface area contributed by atoms with Gasteiger partial charge in [0.2, 0.25) is 0 Å². The van der Waals surface area contributed by atoms with E-state index >= 15 is 0 Å². The Morgan fingerprint density at radius 2 is 1.94 bits per heavy atom. The van der Waals surface area contributed by atoms with E-state index in [1.54, 1.807) is 4.68 Å². The number of halogens is 1. The molecule has 0 atom stereocenters. The molecule has 17 heavy (non-hydrogen) atoms. The highest BCUT2D eigenvalue weighted by Gasteiger charge is 2.18. The Balaban J connectivity index is 2.62. The minimum absolute atomic E-state index is 0.124. The van der Waals surface area contributed by atoms with Crippen molar-refractivity contribution in [1.82, 2.24) is 9.78 Å². The third-order valence-corrected chi connectivity index (χ3v) is 2.92. The number of carbonyl (C=O) groups excluding carboxylic acids is 1. The van der Waals surface area contributed by atoms with Gasteiger partial charge in [0.1, 0.15) is 10.8 Å². The Labute approximate surface area is 105 Å². The summed E-state index contributed by atoms with van der Waals surface area (Å²) in [6.07, 6.45) is 0.760. The first kappa shape index (κ1) is 11.9. The molecule has 0 N–H and O–H groups in total. The molecule has 0 saturated heterocycles. The van der Waals surface area contributed by atoms with Crippen molar-refractivity contribution < 1.29 is 4.79 Å². The first-order chi connectivity index (χ1) is 8.15. The van der Waals surface area contributed by atoms with E-state index in [2.05, 4.69) is 5.10 Å². The molecule has 0 unspecified atom stereocenters. The highest BCUT2D eigenvalue weighted by atomic mass is 35.5. The maximum Gasteiger partial charge on any atom is 0.155 e. The standard InChI is InChI=1S/C13H13ClN2O/c1-9(2)16-13(14)11(8-17)12(15-16)10-6-4-3-5-7-10/h3-9H,1-2H3. The van der Waals surface area contributed by atoms with Gasteiger partial charge in [-0.25, -0.2) is 0 Å². The molecule has 4 heteroatoms. The minimum Gasteiger partial charge on any atom is -0.298 e. The summed E-state index contributed by atoms with van der Waals surface area (Å²) in [5, 5.41) is 4.80. The van der Waals surface area contributed by atoms with E-state index in [9.17, 15) is 4.79 Å². The first-order valence-electron chi connectivity index (χ1n) is 5.43. The van der Waals surface area contributed by atoms with Crippen molar-refractivity contribution in [3.05, 3.63) is 41.0 Å². The van der Waals surface area contributed by atoms with Crippen LogP contribution in [0.4, 0.5) is 0 Å². The Hall–Kier alpha value is -1.61. The number of aromatic nitrogens is 2. The van der Waals surface area contributed by atoms with Crippen LogP contribution in [0.3, 0.4) is 0 Å². The fourth-order valence-corrected chi connectivity index (χ4v) is 2.05. The van der Waals surface area contributed by atoms with Gasteiger partial charge in [0, 0.05) is 11.6 Å². The van der Waals surface area contributed by atoms with Crippen molar-refractivity contribution in [1.29, 1.82) is 0 Å². The summed E-state index contributed by atoms with van der Waals surface area (Å²) in [4.78, 5) is 11.1. The molecule has 0 fully saturated rings. The lowest BCUT2D eigenvalue weighted by Gasteiger charge is -2.05. The van der Waals surface area contributed by atoms with Crippen LogP contribution in [0.1, 0.15) is 30.2 Å². The smallest absolute Gasteiger partial charge is 0.155 e. The van der Waals surface area contributed by atoms with Crippen LogP contribution in [-0.4, -0.2) is 16.1 Å². The van der Waals surface area contributed by atoms with Gasteiger partial charge in [0.05, 0.1) is 5.56 Å². The Bertz CT molecular complexity index is 532. The zero-order valence-electron chi connectivity index (χ0n) is 9.72. The minimum atomic E-state index is 0.124. The molecule has 3 nitrogen and oxygen atoms in total. The highest BCUT2D eigenvalue weighted by Crippen LogP contribution is 2.29. The maximum atomic E-state index is 11.1. The molecule has 0 amide bonds. The van der Waals surface area contributed by atoms with Crippen molar-refractivity contribution >= 4 is 17.9 Å². The molecule has 0 spiro atoms. The fraction of sp³-hybridized carbons (Fsp3) is 0.231. The molecule has 0 bridgehead atoms. The van der Waals surface area contributed by atoms with Crippen LogP contribution >= 0.6 is 11.6 Å². The summed E-state index contributed by atoms with van der Waals surface area (Å²) in [5.41, 5.74) is 1.99. The number of nitrogens with zero attached hydrogens (tertiary/aromatic N) is 2. The number of hydrogen-bond donors (Lipinski definition) is 0. The second-order valence-electron chi connectivity index (χ2n) is 4.08. The van der Waals surface area contributed by atoms with Crippen LogP contribution in [-0.2, 0) is 0 Å². The Kier molecular flexibility index (Phi) is 3.29. The van der Waals surface area contributed by atoms with Crippen LogP contribution in [0.15, 0.2) is 30.3 Å². The van der Waals surface area contributed by atoms with E-state index in [1.807, 2.05) is 44.2 Å². The van der Waals surface area contributed by atoms with Gasteiger partial charge in [-0.3, -0.25) is 9.48 Å². The van der Waals surface area contributed by atoms with Gasteiger partial charge in [-0.2, -0.15) is 5.10 Å². The van der Waals surface area contributed by atoms with Crippen LogP contribution in [0.5, 0.6) is 0 Å². The summed E-state index contributed by atoms with van der Waals surface area (Å²) in [6, 6.07) is 9.69. The number of benzene rings is 1. The lowest BCUT2D eigenvalue weighted by molar-refractivity contribution is 0.112. The van der Waals surface area contributed by atoms with Crippen molar-refractivity contribution in [3.63, 3.8) is 0 Å². The third kappa shape index (κ3) is 2.11. The zero-order chi connectivity index (χ0) is 12.4. The van der Waals surface area contributed by atoms with E-state index in [4.69, 9.17) is 11.6 Å². The van der Waals surface area contributed by atoms with E-state index in [0.717, 1.165) is 11.8 Å². The Morgan fingerprint density at radius 3 is 2.47 bits per heavy atom. The summed E-state index contributed by atoms with van der Waals surface area (Å²) in [5.74, 6) is 0. The topological polar surface area (TPSA) is 34.9 Å². The molecule has 1 aromatic carbocycles. The molecule has 0 saturated carbocycles. The molecular formula is C13H13ClN2O. The summed E-state index contributed by atoms with van der Waals surface area (Å²) < 4.78 is 1.66. The van der Waals surface area contributed by atoms with E-state index in [-0.39, 0.29) is 6.04 Å². The average Bonchev–Trinajstić information content (AvgIpc) is 2.67. The molecule has 1 heterocycles. The summed E-state index contributed by atoms with van der Waals surface area (Å²) in [6.45, 7) is 3.95. The van der Waals surface area contributed by atoms with Crippen molar-refractivity contribution in [3.8, 4) is 11.3 Å². The van der Waals surface area contributed by atoms with E-state index < -0.39 is 0 Å². The fourth-order valence-electron chi connectivity index (χ4n) is 1.68. The monoisotopic (exact) mass is 248 g/mol. The van der Waals surface area contributed by atoms with Crippen LogP contribution in [0.2, 0.25) is 5.15 Å². The number of hydrogen-bond acceptors (Lipinski definition) is 2. The van der Waals surface area contributed by atoms with Crippen LogP contribution < -0.4 is 0 Å². The van der Waals surface area contributed by atoms with E-state index in [1.165, 1.54) is 0 Å². The number of carbonyl (C=O) groups is 1. The van der Waals surface area contributed by atoms with Crippen LogP contribution in [0, 0.1) is 0 Å². The molecule has 2 aromatic rings. The molecular weight excluding hydrogens is 236 g/mol. The molecule has 1 aromatic heterocycles.